The fourth-order valence-electron chi connectivity index (χ4n) is 2.86. The molecule has 0 aliphatic carbocycles. The Kier molecular flexibility index (Phi) is 4.95. The van der Waals surface area contributed by atoms with Gasteiger partial charge in [0.15, 0.2) is 0 Å². The number of carbonyl (C=O) groups excluding carboxylic acids is 2. The van der Waals surface area contributed by atoms with Gasteiger partial charge < -0.3 is 15.0 Å². The molecule has 0 saturated carbocycles. The number of halogens is 1. The lowest BCUT2D eigenvalue weighted by molar-refractivity contribution is -0.117. The van der Waals surface area contributed by atoms with Crippen molar-refractivity contribution in [3.8, 4) is 5.75 Å². The zero-order valence-corrected chi connectivity index (χ0v) is 14.9. The lowest BCUT2D eigenvalue weighted by atomic mass is 10.1. The summed E-state index contributed by atoms with van der Waals surface area (Å²) < 4.78 is 5.28. The number of aryl methyl sites for hydroxylation is 1. The number of amides is 2. The van der Waals surface area contributed by atoms with E-state index in [9.17, 15) is 9.59 Å². The Bertz CT molecular complexity index is 835. The largest absolute Gasteiger partial charge is 0.495 e. The number of ether oxygens (including phenoxy) is 1. The van der Waals surface area contributed by atoms with Crippen LogP contribution in [0.4, 0.5) is 11.4 Å². The van der Waals surface area contributed by atoms with Crippen molar-refractivity contribution < 1.29 is 14.3 Å². The molecule has 1 heterocycles. The van der Waals surface area contributed by atoms with Crippen LogP contribution in [0.15, 0.2) is 36.4 Å². The van der Waals surface area contributed by atoms with Crippen LogP contribution in [0.25, 0.3) is 0 Å². The molecule has 5 nitrogen and oxygen atoms in total. The Morgan fingerprint density at radius 1 is 1.28 bits per heavy atom. The van der Waals surface area contributed by atoms with Crippen LogP contribution < -0.4 is 15.0 Å². The van der Waals surface area contributed by atoms with E-state index in [0.717, 1.165) is 17.7 Å². The molecule has 1 fully saturated rings. The van der Waals surface area contributed by atoms with Crippen molar-refractivity contribution >= 4 is 34.8 Å². The van der Waals surface area contributed by atoms with E-state index in [0.29, 0.717) is 35.0 Å². The van der Waals surface area contributed by atoms with Crippen molar-refractivity contribution in [3.05, 3.63) is 52.5 Å². The first kappa shape index (κ1) is 17.3. The van der Waals surface area contributed by atoms with E-state index in [1.54, 1.807) is 35.2 Å². The van der Waals surface area contributed by atoms with Gasteiger partial charge in [0.2, 0.25) is 5.91 Å². The van der Waals surface area contributed by atoms with Gasteiger partial charge in [-0.05, 0) is 43.2 Å². The Morgan fingerprint density at radius 3 is 2.76 bits per heavy atom. The van der Waals surface area contributed by atoms with Crippen LogP contribution in [-0.2, 0) is 4.79 Å². The fourth-order valence-corrected chi connectivity index (χ4v) is 3.01. The van der Waals surface area contributed by atoms with Crippen LogP contribution in [0.5, 0.6) is 5.75 Å². The van der Waals surface area contributed by atoms with Crippen molar-refractivity contribution in [1.82, 2.24) is 0 Å². The summed E-state index contributed by atoms with van der Waals surface area (Å²) >= 11 is 6.10. The minimum atomic E-state index is -0.270. The van der Waals surface area contributed by atoms with Gasteiger partial charge in [-0.3, -0.25) is 9.59 Å². The minimum Gasteiger partial charge on any atom is -0.495 e. The quantitative estimate of drug-likeness (QED) is 0.897. The summed E-state index contributed by atoms with van der Waals surface area (Å²) in [5.74, 6) is 0.316. The highest BCUT2D eigenvalue weighted by atomic mass is 35.5. The van der Waals surface area contributed by atoms with Crippen molar-refractivity contribution in [3.63, 3.8) is 0 Å². The number of hydrogen-bond donors (Lipinski definition) is 1. The summed E-state index contributed by atoms with van der Waals surface area (Å²) in [4.78, 5) is 26.2. The summed E-state index contributed by atoms with van der Waals surface area (Å²) in [6, 6.07) is 10.5. The molecule has 6 heteroatoms. The second-order valence-corrected chi connectivity index (χ2v) is 6.36. The average Bonchev–Trinajstić information content (AvgIpc) is 3.04. The van der Waals surface area contributed by atoms with Crippen LogP contribution in [0.1, 0.15) is 28.8 Å². The standard InChI is InChI=1S/C19H19ClN2O3/c1-12-9-16(17(25-2)11-15(12)20)21-19(24)13-5-3-6-14(10-13)22-8-4-7-18(22)23/h3,5-6,9-11H,4,7-8H2,1-2H3,(H,21,24). The first-order valence-corrected chi connectivity index (χ1v) is 8.43. The molecule has 130 valence electrons. The SMILES string of the molecule is COc1cc(Cl)c(C)cc1NC(=O)c1cccc(N2CCCC2=O)c1. The zero-order valence-electron chi connectivity index (χ0n) is 14.1. The zero-order chi connectivity index (χ0) is 18.0. The third-order valence-corrected chi connectivity index (χ3v) is 4.63. The maximum absolute atomic E-state index is 12.6. The van der Waals surface area contributed by atoms with Gasteiger partial charge in [-0.1, -0.05) is 17.7 Å². The van der Waals surface area contributed by atoms with Gasteiger partial charge in [-0.2, -0.15) is 0 Å². The monoisotopic (exact) mass is 358 g/mol. The topological polar surface area (TPSA) is 58.6 Å². The molecule has 25 heavy (non-hydrogen) atoms. The second-order valence-electron chi connectivity index (χ2n) is 5.96. The molecule has 0 radical (unpaired) electrons. The Labute approximate surface area is 151 Å². The highest BCUT2D eigenvalue weighted by Gasteiger charge is 2.22. The van der Waals surface area contributed by atoms with Crippen molar-refractivity contribution in [2.24, 2.45) is 0 Å². The van der Waals surface area contributed by atoms with Crippen molar-refractivity contribution in [1.29, 1.82) is 0 Å². The maximum Gasteiger partial charge on any atom is 0.255 e. The lowest BCUT2D eigenvalue weighted by Gasteiger charge is -2.17. The molecule has 1 N–H and O–H groups in total. The molecule has 0 atom stereocenters. The lowest BCUT2D eigenvalue weighted by Crippen LogP contribution is -2.24. The molecule has 1 saturated heterocycles. The van der Waals surface area contributed by atoms with E-state index < -0.39 is 0 Å². The van der Waals surface area contributed by atoms with E-state index in [1.165, 1.54) is 7.11 Å². The Hall–Kier alpha value is -2.53. The summed E-state index contributed by atoms with van der Waals surface area (Å²) in [6.45, 7) is 2.55. The van der Waals surface area contributed by atoms with E-state index in [4.69, 9.17) is 16.3 Å². The summed E-state index contributed by atoms with van der Waals surface area (Å²) in [7, 11) is 1.52. The number of nitrogens with one attached hydrogen (secondary N) is 1. The number of nitrogens with zero attached hydrogens (tertiary/aromatic N) is 1. The smallest absolute Gasteiger partial charge is 0.255 e. The van der Waals surface area contributed by atoms with Crippen LogP contribution in [0.2, 0.25) is 5.02 Å². The first-order chi connectivity index (χ1) is 12.0. The number of methoxy groups -OCH3 is 1. The van der Waals surface area contributed by atoms with E-state index in [-0.39, 0.29) is 11.8 Å². The molecule has 1 aliphatic rings. The molecule has 2 aromatic rings. The van der Waals surface area contributed by atoms with Gasteiger partial charge in [-0.25, -0.2) is 0 Å². The highest BCUT2D eigenvalue weighted by molar-refractivity contribution is 6.31. The highest BCUT2D eigenvalue weighted by Crippen LogP contribution is 2.31. The number of anilines is 2. The van der Waals surface area contributed by atoms with Crippen LogP contribution in [0.3, 0.4) is 0 Å². The molecule has 3 rings (SSSR count). The normalized spacial score (nSPS) is 13.9. The molecule has 0 spiro atoms. The average molecular weight is 359 g/mol. The number of benzene rings is 2. The van der Waals surface area contributed by atoms with Crippen LogP contribution >= 0.6 is 11.6 Å². The van der Waals surface area contributed by atoms with E-state index in [2.05, 4.69) is 5.32 Å². The maximum atomic E-state index is 12.6. The van der Waals surface area contributed by atoms with Gasteiger partial charge in [0.25, 0.3) is 5.91 Å². The second kappa shape index (κ2) is 7.15. The molecule has 2 amide bonds. The molecular weight excluding hydrogens is 340 g/mol. The summed E-state index contributed by atoms with van der Waals surface area (Å²) in [6.07, 6.45) is 1.40. The molecule has 0 aromatic heterocycles. The molecule has 1 aliphatic heterocycles. The van der Waals surface area contributed by atoms with Crippen LogP contribution in [-0.4, -0.2) is 25.5 Å². The minimum absolute atomic E-state index is 0.0903. The summed E-state index contributed by atoms with van der Waals surface area (Å²) in [5.41, 5.74) is 2.62. The molecular formula is C19H19ClN2O3. The van der Waals surface area contributed by atoms with Gasteiger partial charge in [0, 0.05) is 35.3 Å². The predicted molar refractivity (Wildman–Crippen MR) is 98.7 cm³/mol. The predicted octanol–water partition coefficient (Wildman–Crippen LogP) is 4.04. The van der Waals surface area contributed by atoms with Gasteiger partial charge >= 0.3 is 0 Å². The number of carbonyl (C=O) groups is 2. The Morgan fingerprint density at radius 2 is 2.08 bits per heavy atom. The van der Waals surface area contributed by atoms with Crippen molar-refractivity contribution in [2.45, 2.75) is 19.8 Å². The molecule has 0 bridgehead atoms. The van der Waals surface area contributed by atoms with Gasteiger partial charge in [-0.15, -0.1) is 0 Å². The third-order valence-electron chi connectivity index (χ3n) is 4.22. The van der Waals surface area contributed by atoms with Crippen molar-refractivity contribution in [2.75, 3.05) is 23.9 Å². The third kappa shape index (κ3) is 3.61. The van der Waals surface area contributed by atoms with Gasteiger partial charge in [0.1, 0.15) is 5.75 Å². The van der Waals surface area contributed by atoms with E-state index >= 15 is 0 Å². The Balaban J connectivity index is 1.85. The molecule has 0 unspecified atom stereocenters. The number of hydrogen-bond acceptors (Lipinski definition) is 3. The summed E-state index contributed by atoms with van der Waals surface area (Å²) in [5, 5.41) is 3.42. The molecule has 2 aromatic carbocycles. The fraction of sp³-hybridized carbons (Fsp3) is 0.263. The first-order valence-electron chi connectivity index (χ1n) is 8.05. The van der Waals surface area contributed by atoms with E-state index in [1.807, 2.05) is 13.0 Å². The van der Waals surface area contributed by atoms with Gasteiger partial charge in [0.05, 0.1) is 12.8 Å². The van der Waals surface area contributed by atoms with Crippen LogP contribution in [0, 0.1) is 6.92 Å². The number of rotatable bonds is 4.